The number of fused-ring (bicyclic) bond motifs is 1. The van der Waals surface area contributed by atoms with Crippen molar-refractivity contribution >= 4 is 17.6 Å². The van der Waals surface area contributed by atoms with E-state index in [-0.39, 0.29) is 13.4 Å². The number of amides is 1. The van der Waals surface area contributed by atoms with Crippen LogP contribution in [0.1, 0.15) is 6.92 Å². The van der Waals surface area contributed by atoms with Gasteiger partial charge >= 0.3 is 5.97 Å². The second kappa shape index (κ2) is 5.90. The summed E-state index contributed by atoms with van der Waals surface area (Å²) in [4.78, 5) is 22.6. The zero-order chi connectivity index (χ0) is 13.7. The molecule has 1 aliphatic rings. The molecule has 0 aromatic heterocycles. The molecule has 0 saturated carbocycles. The van der Waals surface area contributed by atoms with E-state index in [9.17, 15) is 9.59 Å². The number of esters is 1. The Hall–Kier alpha value is -2.50. The molecular weight excluding hydrogens is 250 g/mol. The van der Waals surface area contributed by atoms with Gasteiger partial charge in [0.2, 0.25) is 12.7 Å². The van der Waals surface area contributed by atoms with Crippen LogP contribution in [-0.2, 0) is 14.3 Å². The highest BCUT2D eigenvalue weighted by Crippen LogP contribution is 2.34. The first-order chi connectivity index (χ1) is 9.19. The van der Waals surface area contributed by atoms with E-state index in [1.165, 1.54) is 0 Å². The minimum absolute atomic E-state index is 0.176. The van der Waals surface area contributed by atoms with Crippen molar-refractivity contribution in [2.75, 3.05) is 18.7 Å². The third-order valence-corrected chi connectivity index (χ3v) is 2.30. The Morgan fingerprint density at radius 2 is 2.11 bits per heavy atom. The van der Waals surface area contributed by atoms with Crippen molar-refractivity contribution in [2.45, 2.75) is 6.92 Å². The van der Waals surface area contributed by atoms with E-state index in [0.717, 1.165) is 12.2 Å². The average molecular weight is 263 g/mol. The fourth-order valence-corrected chi connectivity index (χ4v) is 1.49. The zero-order valence-electron chi connectivity index (χ0n) is 10.3. The number of rotatable bonds is 4. The maximum Gasteiger partial charge on any atom is 0.330 e. The van der Waals surface area contributed by atoms with Crippen LogP contribution in [0.2, 0.25) is 0 Å². The van der Waals surface area contributed by atoms with Crippen LogP contribution in [0.5, 0.6) is 11.5 Å². The monoisotopic (exact) mass is 263 g/mol. The molecule has 1 amide bonds. The van der Waals surface area contributed by atoms with Crippen LogP contribution in [0.4, 0.5) is 5.69 Å². The molecule has 0 fully saturated rings. The van der Waals surface area contributed by atoms with Crippen LogP contribution in [0.3, 0.4) is 0 Å². The third-order valence-electron chi connectivity index (χ3n) is 2.30. The second-order valence-electron chi connectivity index (χ2n) is 3.64. The van der Waals surface area contributed by atoms with Gasteiger partial charge in [0.25, 0.3) is 0 Å². The summed E-state index contributed by atoms with van der Waals surface area (Å²) in [5.41, 5.74) is 0.558. The van der Waals surface area contributed by atoms with E-state index >= 15 is 0 Å². The number of hydrogen-bond donors (Lipinski definition) is 1. The van der Waals surface area contributed by atoms with E-state index in [1.807, 2.05) is 0 Å². The first-order valence-electron chi connectivity index (χ1n) is 5.74. The lowest BCUT2D eigenvalue weighted by Gasteiger charge is -2.03. The smallest absolute Gasteiger partial charge is 0.330 e. The molecular formula is C13H13NO5. The van der Waals surface area contributed by atoms with Gasteiger partial charge in [-0.05, 0) is 19.1 Å². The Morgan fingerprint density at radius 1 is 1.32 bits per heavy atom. The predicted octanol–water partition coefficient (Wildman–Crippen LogP) is 1.47. The Labute approximate surface area is 110 Å². The Morgan fingerprint density at radius 3 is 2.89 bits per heavy atom. The lowest BCUT2D eigenvalue weighted by Crippen LogP contribution is -2.09. The normalized spacial score (nSPS) is 12.5. The highest BCUT2D eigenvalue weighted by Gasteiger charge is 2.13. The summed E-state index contributed by atoms with van der Waals surface area (Å²) in [6, 6.07) is 5.04. The number of ether oxygens (including phenoxy) is 3. The number of hydrogen-bond acceptors (Lipinski definition) is 5. The summed E-state index contributed by atoms with van der Waals surface area (Å²) in [6.07, 6.45) is 2.19. The predicted molar refractivity (Wildman–Crippen MR) is 67.0 cm³/mol. The average Bonchev–Trinajstić information content (AvgIpc) is 2.84. The number of nitrogens with one attached hydrogen (secondary N) is 1. The molecule has 1 N–H and O–H groups in total. The third kappa shape index (κ3) is 3.48. The molecule has 0 saturated heterocycles. The van der Waals surface area contributed by atoms with Gasteiger partial charge in [-0.3, -0.25) is 4.79 Å². The van der Waals surface area contributed by atoms with Gasteiger partial charge in [-0.2, -0.15) is 0 Å². The van der Waals surface area contributed by atoms with Gasteiger partial charge in [0.1, 0.15) is 0 Å². The van der Waals surface area contributed by atoms with Crippen molar-refractivity contribution < 1.29 is 23.8 Å². The van der Waals surface area contributed by atoms with Gasteiger partial charge in [-0.15, -0.1) is 0 Å². The molecule has 1 heterocycles. The van der Waals surface area contributed by atoms with Crippen molar-refractivity contribution in [1.29, 1.82) is 0 Å². The summed E-state index contributed by atoms with van der Waals surface area (Å²) < 4.78 is 15.0. The largest absolute Gasteiger partial charge is 0.463 e. The lowest BCUT2D eigenvalue weighted by molar-refractivity contribution is -0.137. The van der Waals surface area contributed by atoms with Gasteiger partial charge in [-0.25, -0.2) is 4.79 Å². The van der Waals surface area contributed by atoms with Crippen molar-refractivity contribution in [2.24, 2.45) is 0 Å². The van der Waals surface area contributed by atoms with Crippen LogP contribution >= 0.6 is 0 Å². The molecule has 0 spiro atoms. The summed E-state index contributed by atoms with van der Waals surface area (Å²) in [7, 11) is 0. The maximum atomic E-state index is 11.5. The van der Waals surface area contributed by atoms with Crippen LogP contribution in [0.15, 0.2) is 30.4 Å². The fourth-order valence-electron chi connectivity index (χ4n) is 1.49. The molecule has 2 rings (SSSR count). The topological polar surface area (TPSA) is 73.9 Å². The summed E-state index contributed by atoms with van der Waals surface area (Å²) in [6.45, 7) is 2.14. The van der Waals surface area contributed by atoms with Gasteiger partial charge < -0.3 is 19.5 Å². The van der Waals surface area contributed by atoms with Crippen LogP contribution in [-0.4, -0.2) is 25.3 Å². The maximum absolute atomic E-state index is 11.5. The molecule has 1 aliphatic heterocycles. The first kappa shape index (κ1) is 12.9. The number of carbonyl (C=O) groups is 2. The molecule has 0 unspecified atom stereocenters. The first-order valence-corrected chi connectivity index (χ1v) is 5.74. The van der Waals surface area contributed by atoms with Gasteiger partial charge in [-0.1, -0.05) is 0 Å². The van der Waals surface area contributed by atoms with Crippen LogP contribution < -0.4 is 14.8 Å². The molecule has 0 aliphatic carbocycles. The summed E-state index contributed by atoms with van der Waals surface area (Å²) >= 11 is 0. The fraction of sp³-hybridized carbons (Fsp3) is 0.231. The van der Waals surface area contributed by atoms with Gasteiger partial charge in [0.05, 0.1) is 6.61 Å². The molecule has 0 atom stereocenters. The minimum Gasteiger partial charge on any atom is -0.463 e. The molecule has 100 valence electrons. The molecule has 6 heteroatoms. The highest BCUT2D eigenvalue weighted by atomic mass is 16.7. The molecule has 1 aromatic rings. The Bertz CT molecular complexity index is 524. The molecule has 0 bridgehead atoms. The molecule has 1 aromatic carbocycles. The van der Waals surface area contributed by atoms with Crippen molar-refractivity contribution in [1.82, 2.24) is 0 Å². The zero-order valence-corrected chi connectivity index (χ0v) is 10.3. The number of carbonyl (C=O) groups excluding carboxylic acids is 2. The van der Waals surface area contributed by atoms with E-state index in [0.29, 0.717) is 17.2 Å². The van der Waals surface area contributed by atoms with Crippen molar-refractivity contribution in [3.05, 3.63) is 30.4 Å². The van der Waals surface area contributed by atoms with Crippen LogP contribution in [0, 0.1) is 0 Å². The highest BCUT2D eigenvalue weighted by molar-refractivity contribution is 6.02. The van der Waals surface area contributed by atoms with Crippen molar-refractivity contribution in [3.8, 4) is 11.5 Å². The SMILES string of the molecule is CCOC(=O)/C=C/C(=O)Nc1ccc2c(c1)OCO2. The summed E-state index contributed by atoms with van der Waals surface area (Å²) in [5, 5.41) is 2.60. The van der Waals surface area contributed by atoms with E-state index in [1.54, 1.807) is 25.1 Å². The van der Waals surface area contributed by atoms with Crippen LogP contribution in [0.25, 0.3) is 0 Å². The van der Waals surface area contributed by atoms with E-state index in [2.05, 4.69) is 10.1 Å². The minimum atomic E-state index is -0.552. The molecule has 19 heavy (non-hydrogen) atoms. The molecule has 0 radical (unpaired) electrons. The van der Waals surface area contributed by atoms with E-state index in [4.69, 9.17) is 9.47 Å². The second-order valence-corrected chi connectivity index (χ2v) is 3.64. The number of anilines is 1. The quantitative estimate of drug-likeness (QED) is 0.657. The summed E-state index contributed by atoms with van der Waals surface area (Å²) in [5.74, 6) is 0.238. The van der Waals surface area contributed by atoms with Crippen molar-refractivity contribution in [3.63, 3.8) is 0 Å². The Kier molecular flexibility index (Phi) is 4.02. The van der Waals surface area contributed by atoms with Gasteiger partial charge in [0, 0.05) is 23.9 Å². The van der Waals surface area contributed by atoms with Gasteiger partial charge in [0.15, 0.2) is 11.5 Å². The standard InChI is InChI=1S/C13H13NO5/c1-2-17-13(16)6-5-12(15)14-9-3-4-10-11(7-9)19-8-18-10/h3-7H,2,8H2,1H3,(H,14,15)/b6-5+. The Balaban J connectivity index is 1.94. The number of benzene rings is 1. The molecule has 6 nitrogen and oxygen atoms in total. The lowest BCUT2D eigenvalue weighted by atomic mass is 10.2. The van der Waals surface area contributed by atoms with E-state index < -0.39 is 11.9 Å².